The Balaban J connectivity index is 2.45. The van der Waals surface area contributed by atoms with E-state index in [1.165, 1.54) is 12.1 Å². The number of hydrogen-bond donors (Lipinski definition) is 3. The van der Waals surface area contributed by atoms with Gasteiger partial charge in [-0.2, -0.15) is 4.31 Å². The lowest BCUT2D eigenvalue weighted by molar-refractivity contribution is 0.0604. The lowest BCUT2D eigenvalue weighted by atomic mass is 9.98. The molecule has 0 aromatic heterocycles. The number of piperidine rings is 1. The van der Waals surface area contributed by atoms with Crippen molar-refractivity contribution in [2.24, 2.45) is 5.92 Å². The summed E-state index contributed by atoms with van der Waals surface area (Å²) in [6, 6.07) is 3.66. The van der Waals surface area contributed by atoms with Gasteiger partial charge in [-0.3, -0.25) is 0 Å². The largest absolute Gasteiger partial charge is 0.478 e. The molecule has 1 aliphatic heterocycles. The van der Waals surface area contributed by atoms with Crippen LogP contribution in [0, 0.1) is 5.92 Å². The molecule has 1 saturated heterocycles. The average molecular weight is 314 g/mol. The topological polar surface area (TPSA) is 121 Å². The number of nitrogens with zero attached hydrogens (tertiary/aromatic N) is 1. The van der Waals surface area contributed by atoms with E-state index in [0.29, 0.717) is 6.42 Å². The van der Waals surface area contributed by atoms with Crippen molar-refractivity contribution in [1.29, 1.82) is 0 Å². The van der Waals surface area contributed by atoms with Crippen LogP contribution < -0.4 is 5.73 Å². The highest BCUT2D eigenvalue weighted by molar-refractivity contribution is 7.89. The number of aromatic carboxylic acids is 1. The van der Waals surface area contributed by atoms with Crippen molar-refractivity contribution >= 4 is 21.7 Å². The Bertz CT molecular complexity index is 659. The zero-order valence-corrected chi connectivity index (χ0v) is 12.4. The molecule has 21 heavy (non-hydrogen) atoms. The Morgan fingerprint density at radius 3 is 2.67 bits per heavy atom. The summed E-state index contributed by atoms with van der Waals surface area (Å²) in [4.78, 5) is 10.9. The Morgan fingerprint density at radius 2 is 2.10 bits per heavy atom. The number of rotatable bonds is 3. The minimum Gasteiger partial charge on any atom is -0.478 e. The molecular weight excluding hydrogens is 296 g/mol. The number of aliphatic hydroxyl groups is 1. The van der Waals surface area contributed by atoms with Crippen LogP contribution in [0.5, 0.6) is 0 Å². The van der Waals surface area contributed by atoms with E-state index in [0.717, 1.165) is 10.4 Å². The normalized spacial score (nSPS) is 23.9. The fourth-order valence-electron chi connectivity index (χ4n) is 2.31. The smallest absolute Gasteiger partial charge is 0.337 e. The third-order valence-corrected chi connectivity index (χ3v) is 5.64. The first-order valence-electron chi connectivity index (χ1n) is 6.54. The van der Waals surface area contributed by atoms with E-state index in [1.807, 2.05) is 6.92 Å². The van der Waals surface area contributed by atoms with E-state index in [1.54, 1.807) is 0 Å². The van der Waals surface area contributed by atoms with Gasteiger partial charge in [0.25, 0.3) is 0 Å². The number of sulfonamides is 1. The molecule has 1 heterocycles. The number of β-amino-alcohol motifs (C(OH)–C–C–N with tert-alkyl or cyclic N) is 1. The fourth-order valence-corrected chi connectivity index (χ4v) is 4.00. The molecule has 1 aromatic rings. The van der Waals surface area contributed by atoms with Crippen LogP contribution in [0.1, 0.15) is 23.7 Å². The van der Waals surface area contributed by atoms with Crippen LogP contribution in [0.2, 0.25) is 0 Å². The van der Waals surface area contributed by atoms with Crippen molar-refractivity contribution < 1.29 is 23.4 Å². The Kier molecular flexibility index (Phi) is 4.22. The van der Waals surface area contributed by atoms with Gasteiger partial charge in [-0.1, -0.05) is 6.92 Å². The fraction of sp³-hybridized carbons (Fsp3) is 0.462. The number of carboxylic acid groups (broad SMARTS) is 1. The van der Waals surface area contributed by atoms with Gasteiger partial charge >= 0.3 is 5.97 Å². The molecule has 2 unspecified atom stereocenters. The first-order valence-corrected chi connectivity index (χ1v) is 7.98. The van der Waals surface area contributed by atoms with Gasteiger partial charge in [0.2, 0.25) is 10.0 Å². The lowest BCUT2D eigenvalue weighted by Gasteiger charge is -2.33. The molecular formula is C13H18N2O5S. The minimum absolute atomic E-state index is 0.0104. The summed E-state index contributed by atoms with van der Waals surface area (Å²) < 4.78 is 26.3. The Morgan fingerprint density at radius 1 is 1.43 bits per heavy atom. The molecule has 4 N–H and O–H groups in total. The quantitative estimate of drug-likeness (QED) is 0.693. The number of hydrogen-bond acceptors (Lipinski definition) is 5. The number of benzene rings is 1. The molecule has 1 fully saturated rings. The molecule has 0 amide bonds. The zero-order valence-electron chi connectivity index (χ0n) is 11.6. The van der Waals surface area contributed by atoms with Gasteiger partial charge in [0.1, 0.15) is 0 Å². The van der Waals surface area contributed by atoms with Gasteiger partial charge in [-0.25, -0.2) is 13.2 Å². The predicted octanol–water partition coefficient (Wildman–Crippen LogP) is 0.358. The van der Waals surface area contributed by atoms with Crippen molar-refractivity contribution in [1.82, 2.24) is 4.31 Å². The van der Waals surface area contributed by atoms with Gasteiger partial charge < -0.3 is 15.9 Å². The molecule has 116 valence electrons. The summed E-state index contributed by atoms with van der Waals surface area (Å²) in [6.45, 7) is 2.05. The van der Waals surface area contributed by atoms with Crippen molar-refractivity contribution in [2.75, 3.05) is 18.8 Å². The van der Waals surface area contributed by atoms with Crippen LogP contribution in [-0.2, 0) is 10.0 Å². The van der Waals surface area contributed by atoms with Crippen LogP contribution >= 0.6 is 0 Å². The summed E-state index contributed by atoms with van der Waals surface area (Å²) in [5.74, 6) is -1.32. The molecule has 0 spiro atoms. The highest BCUT2D eigenvalue weighted by Crippen LogP contribution is 2.27. The summed E-state index contributed by atoms with van der Waals surface area (Å²) in [5, 5.41) is 19.0. The monoisotopic (exact) mass is 314 g/mol. The first-order chi connectivity index (χ1) is 9.73. The van der Waals surface area contributed by atoms with Crippen molar-refractivity contribution in [3.05, 3.63) is 23.8 Å². The van der Waals surface area contributed by atoms with Crippen molar-refractivity contribution in [2.45, 2.75) is 24.3 Å². The van der Waals surface area contributed by atoms with Gasteiger partial charge in [-0.15, -0.1) is 0 Å². The van der Waals surface area contributed by atoms with Crippen LogP contribution in [0.15, 0.2) is 23.1 Å². The number of anilines is 1. The zero-order chi connectivity index (χ0) is 15.8. The summed E-state index contributed by atoms with van der Waals surface area (Å²) in [6.07, 6.45) is -0.242. The second-order valence-electron chi connectivity index (χ2n) is 5.26. The highest BCUT2D eigenvalue weighted by atomic mass is 32.2. The van der Waals surface area contributed by atoms with Gasteiger partial charge in [0, 0.05) is 18.8 Å². The number of carboxylic acids is 1. The molecule has 2 atom stereocenters. The third kappa shape index (κ3) is 3.02. The van der Waals surface area contributed by atoms with E-state index in [4.69, 9.17) is 10.8 Å². The summed E-state index contributed by atoms with van der Waals surface area (Å²) in [7, 11) is -4.00. The van der Waals surface area contributed by atoms with E-state index >= 15 is 0 Å². The maximum atomic E-state index is 12.6. The maximum Gasteiger partial charge on any atom is 0.337 e. The van der Waals surface area contributed by atoms with E-state index < -0.39 is 22.1 Å². The lowest BCUT2D eigenvalue weighted by Crippen LogP contribution is -2.46. The molecule has 0 saturated carbocycles. The maximum absolute atomic E-state index is 12.6. The molecule has 0 radical (unpaired) electrons. The minimum atomic E-state index is -4.00. The van der Waals surface area contributed by atoms with Crippen LogP contribution in [0.25, 0.3) is 0 Å². The third-order valence-electron chi connectivity index (χ3n) is 3.74. The second kappa shape index (κ2) is 5.63. The van der Waals surface area contributed by atoms with E-state index in [2.05, 4.69) is 0 Å². The van der Waals surface area contributed by atoms with Crippen molar-refractivity contribution in [3.63, 3.8) is 0 Å². The van der Waals surface area contributed by atoms with E-state index in [-0.39, 0.29) is 35.2 Å². The molecule has 1 aliphatic rings. The molecule has 2 rings (SSSR count). The molecule has 0 aliphatic carbocycles. The summed E-state index contributed by atoms with van der Waals surface area (Å²) >= 11 is 0. The number of aliphatic hydroxyl groups excluding tert-OH is 1. The van der Waals surface area contributed by atoms with Crippen LogP contribution in [-0.4, -0.2) is 48.1 Å². The van der Waals surface area contributed by atoms with Crippen molar-refractivity contribution in [3.8, 4) is 0 Å². The standard InChI is InChI=1S/C13H18N2O5S/c1-8-4-5-15(7-11(8)16)21(19,20)12-6-9(14)2-3-10(12)13(17)18/h2-3,6,8,11,16H,4-5,7,14H2,1H3,(H,17,18). The van der Waals surface area contributed by atoms with Gasteiger partial charge in [0.05, 0.1) is 16.6 Å². The predicted molar refractivity (Wildman–Crippen MR) is 76.4 cm³/mol. The molecule has 1 aromatic carbocycles. The number of nitrogen functional groups attached to an aromatic ring is 1. The molecule has 7 nitrogen and oxygen atoms in total. The van der Waals surface area contributed by atoms with E-state index in [9.17, 15) is 18.3 Å². The molecule has 0 bridgehead atoms. The Labute approximate surface area is 123 Å². The van der Waals surface area contributed by atoms with Gasteiger partial charge in [0.15, 0.2) is 0 Å². The number of nitrogens with two attached hydrogens (primary N) is 1. The van der Waals surface area contributed by atoms with Crippen LogP contribution in [0.3, 0.4) is 0 Å². The first kappa shape index (κ1) is 15.7. The second-order valence-corrected chi connectivity index (χ2v) is 7.16. The SMILES string of the molecule is CC1CCN(S(=O)(=O)c2cc(N)ccc2C(=O)O)CC1O. The molecule has 8 heteroatoms. The Hall–Kier alpha value is -1.64. The summed E-state index contributed by atoms with van der Waals surface area (Å²) in [5.41, 5.74) is 5.43. The highest BCUT2D eigenvalue weighted by Gasteiger charge is 2.35. The van der Waals surface area contributed by atoms with Crippen LogP contribution in [0.4, 0.5) is 5.69 Å². The number of carbonyl (C=O) groups is 1. The average Bonchev–Trinajstić information content (AvgIpc) is 2.41. The van der Waals surface area contributed by atoms with Gasteiger partial charge in [-0.05, 0) is 30.5 Å².